The molecule has 1 aromatic heterocycles. The van der Waals surface area contributed by atoms with Gasteiger partial charge in [-0.25, -0.2) is 4.79 Å². The minimum atomic E-state index is -0.294. The molecule has 0 aliphatic carbocycles. The number of nitrogens with zero attached hydrogens (tertiary/aromatic N) is 1. The molecule has 0 bridgehead atoms. The molecule has 0 fully saturated rings. The number of benzene rings is 3. The van der Waals surface area contributed by atoms with Crippen molar-refractivity contribution in [1.29, 1.82) is 0 Å². The average molecular weight is 413 g/mol. The molecule has 4 heteroatoms. The van der Waals surface area contributed by atoms with E-state index in [1.807, 2.05) is 62.4 Å². The molecule has 4 aromatic rings. The maximum absolute atomic E-state index is 12.7. The molecule has 0 spiro atoms. The number of carbonyl (C=O) groups excluding carboxylic acids is 1. The quantitative estimate of drug-likeness (QED) is 0.314. The van der Waals surface area contributed by atoms with Crippen LogP contribution in [0.15, 0.2) is 85.1 Å². The first-order valence-electron chi connectivity index (χ1n) is 10.4. The van der Waals surface area contributed by atoms with Crippen molar-refractivity contribution in [1.82, 2.24) is 0 Å². The summed E-state index contributed by atoms with van der Waals surface area (Å²) in [6.07, 6.45) is 1.98. The van der Waals surface area contributed by atoms with Gasteiger partial charge in [0.25, 0.3) is 0 Å². The van der Waals surface area contributed by atoms with Crippen LogP contribution in [0.2, 0.25) is 0 Å². The molecule has 0 N–H and O–H groups in total. The Kier molecular flexibility index (Phi) is 5.99. The largest absolute Gasteiger partial charge is 0.497 e. The molecule has 0 saturated carbocycles. The molecule has 4 nitrogen and oxygen atoms in total. The molecular weight excluding hydrogens is 386 g/mol. The number of rotatable bonds is 6. The van der Waals surface area contributed by atoms with E-state index in [0.29, 0.717) is 12.1 Å². The fraction of sp³-hybridized carbons (Fsp3) is 0.185. The first-order chi connectivity index (χ1) is 15.0. The smallest absolute Gasteiger partial charge is 0.338 e. The maximum atomic E-state index is 12.7. The maximum Gasteiger partial charge on any atom is 0.338 e. The number of carbonyl (C=O) groups is 1. The second-order valence-corrected chi connectivity index (χ2v) is 7.76. The van der Waals surface area contributed by atoms with Crippen molar-refractivity contribution in [2.45, 2.75) is 26.5 Å². The Morgan fingerprint density at radius 2 is 1.58 bits per heavy atom. The van der Waals surface area contributed by atoms with E-state index in [9.17, 15) is 4.79 Å². The van der Waals surface area contributed by atoms with Gasteiger partial charge >= 0.3 is 5.97 Å². The minimum absolute atomic E-state index is 0.163. The second kappa shape index (κ2) is 9.00. The zero-order chi connectivity index (χ0) is 21.8. The van der Waals surface area contributed by atoms with Crippen LogP contribution >= 0.6 is 0 Å². The number of fused-ring (bicyclic) bond motifs is 1. The van der Waals surface area contributed by atoms with E-state index >= 15 is 0 Å². The van der Waals surface area contributed by atoms with Crippen LogP contribution in [0, 0.1) is 0 Å². The zero-order valence-electron chi connectivity index (χ0n) is 18.0. The second-order valence-electron chi connectivity index (χ2n) is 7.76. The van der Waals surface area contributed by atoms with Crippen molar-refractivity contribution in [3.8, 4) is 17.0 Å². The Bertz CT molecular complexity index is 1210. The third-order valence-electron chi connectivity index (χ3n) is 5.20. The molecule has 0 unspecified atom stereocenters. The van der Waals surface area contributed by atoms with E-state index in [1.54, 1.807) is 7.11 Å². The van der Waals surface area contributed by atoms with Crippen LogP contribution < -0.4 is 9.30 Å². The van der Waals surface area contributed by atoms with Crippen LogP contribution in [-0.4, -0.2) is 19.2 Å². The van der Waals surface area contributed by atoms with Gasteiger partial charge in [-0.15, -0.1) is 0 Å². The highest BCUT2D eigenvalue weighted by Gasteiger charge is 2.20. The van der Waals surface area contributed by atoms with Gasteiger partial charge in [-0.05, 0) is 55.6 Å². The van der Waals surface area contributed by atoms with Crippen molar-refractivity contribution in [3.05, 3.63) is 96.2 Å². The van der Waals surface area contributed by atoms with Crippen LogP contribution in [0.5, 0.6) is 5.75 Å². The highest BCUT2D eigenvalue weighted by Crippen LogP contribution is 2.24. The number of ether oxygens (including phenoxy) is 2. The molecule has 0 aliphatic heterocycles. The van der Waals surface area contributed by atoms with Crippen molar-refractivity contribution in [3.63, 3.8) is 0 Å². The minimum Gasteiger partial charge on any atom is -0.497 e. The van der Waals surface area contributed by atoms with Crippen LogP contribution in [0.3, 0.4) is 0 Å². The van der Waals surface area contributed by atoms with E-state index in [1.165, 1.54) is 0 Å². The van der Waals surface area contributed by atoms with E-state index < -0.39 is 0 Å². The first kappa shape index (κ1) is 20.6. The molecular formula is C27H26NO3+. The third-order valence-corrected chi connectivity index (χ3v) is 5.20. The Hall–Kier alpha value is -3.66. The van der Waals surface area contributed by atoms with E-state index in [4.69, 9.17) is 9.47 Å². The Morgan fingerprint density at radius 1 is 0.903 bits per heavy atom. The normalized spacial score (nSPS) is 11.0. The predicted molar refractivity (Wildman–Crippen MR) is 122 cm³/mol. The Labute approximate surface area is 182 Å². The summed E-state index contributed by atoms with van der Waals surface area (Å²) in [5.74, 6) is 0.524. The zero-order valence-corrected chi connectivity index (χ0v) is 18.0. The lowest BCUT2D eigenvalue weighted by Gasteiger charge is -2.12. The van der Waals surface area contributed by atoms with Crippen LogP contribution in [-0.2, 0) is 11.3 Å². The summed E-state index contributed by atoms with van der Waals surface area (Å²) in [5, 5.41) is 2.30. The number of hydrogen-bond donors (Lipinski definition) is 0. The summed E-state index contributed by atoms with van der Waals surface area (Å²) >= 11 is 0. The summed E-state index contributed by atoms with van der Waals surface area (Å²) in [6.45, 7) is 4.27. The summed E-state index contributed by atoms with van der Waals surface area (Å²) in [5.41, 5.74) is 3.66. The number of pyridine rings is 1. The van der Waals surface area contributed by atoms with Gasteiger partial charge in [0.05, 0.1) is 18.8 Å². The van der Waals surface area contributed by atoms with E-state index in [-0.39, 0.29) is 12.1 Å². The lowest BCUT2D eigenvalue weighted by atomic mass is 10.0. The molecule has 0 radical (unpaired) electrons. The topological polar surface area (TPSA) is 39.4 Å². The van der Waals surface area contributed by atoms with Crippen molar-refractivity contribution >= 4 is 16.7 Å². The molecule has 4 rings (SSSR count). The molecule has 3 aromatic carbocycles. The highest BCUT2D eigenvalue weighted by molar-refractivity contribution is 5.91. The molecule has 0 saturated heterocycles. The Morgan fingerprint density at radius 3 is 2.29 bits per heavy atom. The van der Waals surface area contributed by atoms with E-state index in [2.05, 4.69) is 41.1 Å². The van der Waals surface area contributed by atoms with Gasteiger partial charge in [0, 0.05) is 22.6 Å². The molecule has 1 heterocycles. The fourth-order valence-corrected chi connectivity index (χ4v) is 3.69. The first-order valence-corrected chi connectivity index (χ1v) is 10.4. The van der Waals surface area contributed by atoms with Gasteiger partial charge in [0.1, 0.15) is 5.75 Å². The summed E-state index contributed by atoms with van der Waals surface area (Å²) in [4.78, 5) is 12.7. The predicted octanol–water partition coefficient (Wildman–Crippen LogP) is 5.42. The van der Waals surface area contributed by atoms with Gasteiger partial charge in [-0.3, -0.25) is 0 Å². The molecule has 31 heavy (non-hydrogen) atoms. The summed E-state index contributed by atoms with van der Waals surface area (Å²) < 4.78 is 13.0. The van der Waals surface area contributed by atoms with Gasteiger partial charge < -0.3 is 9.47 Å². The van der Waals surface area contributed by atoms with E-state index in [0.717, 1.165) is 33.3 Å². The monoisotopic (exact) mass is 412 g/mol. The molecule has 156 valence electrons. The number of aromatic nitrogens is 1. The van der Waals surface area contributed by atoms with Crippen molar-refractivity contribution in [2.75, 3.05) is 7.11 Å². The molecule has 0 atom stereocenters. The van der Waals surface area contributed by atoms with Crippen molar-refractivity contribution < 1.29 is 18.8 Å². The van der Waals surface area contributed by atoms with Gasteiger partial charge in [0.2, 0.25) is 5.69 Å². The lowest BCUT2D eigenvalue weighted by Crippen LogP contribution is -2.37. The Balaban J connectivity index is 1.81. The number of methoxy groups -OCH3 is 1. The van der Waals surface area contributed by atoms with Crippen LogP contribution in [0.4, 0.5) is 0 Å². The molecule has 0 amide bonds. The van der Waals surface area contributed by atoms with Gasteiger partial charge in [-0.2, -0.15) is 4.57 Å². The number of hydrogen-bond acceptors (Lipinski definition) is 3. The summed E-state index contributed by atoms with van der Waals surface area (Å²) in [7, 11) is 1.67. The fourth-order valence-electron chi connectivity index (χ4n) is 3.69. The highest BCUT2D eigenvalue weighted by atomic mass is 16.5. The van der Waals surface area contributed by atoms with Gasteiger partial charge in [0.15, 0.2) is 12.7 Å². The van der Waals surface area contributed by atoms with Crippen LogP contribution in [0.25, 0.3) is 22.0 Å². The van der Waals surface area contributed by atoms with Gasteiger partial charge in [-0.1, -0.05) is 36.4 Å². The number of esters is 1. The third kappa shape index (κ3) is 4.58. The van der Waals surface area contributed by atoms with Crippen molar-refractivity contribution in [2.24, 2.45) is 0 Å². The molecule has 0 aliphatic rings. The summed E-state index contributed by atoms with van der Waals surface area (Å²) in [6, 6.07) is 26.1. The SMILES string of the molecule is COc1ccc(-c2cc3ccccc3c[n+]2Cc2ccccc2C(=O)OC(C)C)cc1. The lowest BCUT2D eigenvalue weighted by molar-refractivity contribution is -0.676. The van der Waals surface area contributed by atoms with Crippen LogP contribution in [0.1, 0.15) is 29.8 Å². The average Bonchev–Trinajstić information content (AvgIpc) is 2.78. The standard InChI is InChI=1S/C27H26NO3/c1-19(2)31-27(29)25-11-7-6-10-23(25)18-28-17-22-9-5-4-8-21(22)16-26(28)20-12-14-24(30-3)15-13-20/h4-17,19H,18H2,1-3H3/q+1.